The van der Waals surface area contributed by atoms with Gasteiger partial charge >= 0.3 is 6.03 Å². The van der Waals surface area contributed by atoms with Crippen molar-refractivity contribution in [1.82, 2.24) is 20.0 Å². The normalized spacial score (nSPS) is 28.3. The average Bonchev–Trinajstić information content (AvgIpc) is 2.85. The first-order valence-corrected chi connectivity index (χ1v) is 7.83. The highest BCUT2D eigenvalue weighted by Crippen LogP contribution is 2.27. The van der Waals surface area contributed by atoms with Crippen LogP contribution < -0.4 is 5.32 Å². The number of carbonyl (C=O) groups is 2. The van der Waals surface area contributed by atoms with Gasteiger partial charge in [-0.3, -0.25) is 10.1 Å². The zero-order valence-electron chi connectivity index (χ0n) is 13.4. The van der Waals surface area contributed by atoms with Gasteiger partial charge in [-0.15, -0.1) is 0 Å². The lowest BCUT2D eigenvalue weighted by atomic mass is 10.1. The molecule has 0 spiro atoms. The van der Waals surface area contributed by atoms with E-state index in [1.54, 1.807) is 7.05 Å². The molecule has 3 rings (SSSR count). The minimum atomic E-state index is -0.477. The number of guanidine groups is 1. The van der Waals surface area contributed by atoms with E-state index >= 15 is 0 Å². The standard InChI is InChI=1S/C15H23N5O2/c1-10(2)9-20-11-12(18(3)15(22)17-13(11)21)16-14(20)19-7-5-4-6-8-19/h9,11-12H,4-8H2,1-3H3,(H,17,21,22). The molecule has 2 atom stereocenters. The summed E-state index contributed by atoms with van der Waals surface area (Å²) in [5.41, 5.74) is 1.10. The summed E-state index contributed by atoms with van der Waals surface area (Å²) < 4.78 is 0. The number of hydrogen-bond donors (Lipinski definition) is 1. The Morgan fingerprint density at radius 1 is 1.23 bits per heavy atom. The molecule has 0 aromatic rings. The van der Waals surface area contributed by atoms with Gasteiger partial charge < -0.3 is 14.7 Å². The maximum Gasteiger partial charge on any atom is 0.325 e. The van der Waals surface area contributed by atoms with Gasteiger partial charge in [-0.2, -0.15) is 0 Å². The van der Waals surface area contributed by atoms with Crippen molar-refractivity contribution in [2.24, 2.45) is 4.99 Å². The third kappa shape index (κ3) is 2.44. The van der Waals surface area contributed by atoms with E-state index < -0.39 is 12.2 Å². The van der Waals surface area contributed by atoms with E-state index in [9.17, 15) is 9.59 Å². The topological polar surface area (TPSA) is 68.2 Å². The van der Waals surface area contributed by atoms with Gasteiger partial charge in [-0.1, -0.05) is 5.57 Å². The molecule has 3 heterocycles. The molecule has 0 saturated carbocycles. The Balaban J connectivity index is 1.96. The molecule has 2 unspecified atom stereocenters. The highest BCUT2D eigenvalue weighted by atomic mass is 16.2. The number of fused-ring (bicyclic) bond motifs is 1. The van der Waals surface area contributed by atoms with Gasteiger partial charge in [0.1, 0.15) is 0 Å². The van der Waals surface area contributed by atoms with Gasteiger partial charge in [0.05, 0.1) is 0 Å². The molecule has 0 aromatic carbocycles. The Morgan fingerprint density at radius 2 is 1.91 bits per heavy atom. The van der Waals surface area contributed by atoms with Crippen molar-refractivity contribution in [1.29, 1.82) is 0 Å². The van der Waals surface area contributed by atoms with E-state index in [-0.39, 0.29) is 11.9 Å². The highest BCUT2D eigenvalue weighted by Gasteiger charge is 2.49. The number of piperidine rings is 1. The van der Waals surface area contributed by atoms with Gasteiger partial charge in [-0.25, -0.2) is 9.79 Å². The molecule has 3 aliphatic heterocycles. The molecular weight excluding hydrogens is 282 g/mol. The van der Waals surface area contributed by atoms with Crippen molar-refractivity contribution in [2.75, 3.05) is 20.1 Å². The maximum absolute atomic E-state index is 12.3. The molecular formula is C15H23N5O2. The van der Waals surface area contributed by atoms with Crippen LogP contribution in [0, 0.1) is 0 Å². The minimum Gasteiger partial charge on any atom is -0.342 e. The van der Waals surface area contributed by atoms with Crippen molar-refractivity contribution in [3.05, 3.63) is 11.8 Å². The second-order valence-electron chi connectivity index (χ2n) is 6.35. The van der Waals surface area contributed by atoms with Crippen LogP contribution in [0.3, 0.4) is 0 Å². The zero-order chi connectivity index (χ0) is 15.9. The number of hydrogen-bond acceptors (Lipinski definition) is 5. The van der Waals surface area contributed by atoms with Crippen molar-refractivity contribution >= 4 is 17.9 Å². The minimum absolute atomic E-state index is 0.277. The Morgan fingerprint density at radius 3 is 2.55 bits per heavy atom. The fourth-order valence-electron chi connectivity index (χ4n) is 3.23. The van der Waals surface area contributed by atoms with Gasteiger partial charge in [0, 0.05) is 26.3 Å². The third-order valence-corrected chi connectivity index (χ3v) is 4.31. The predicted octanol–water partition coefficient (Wildman–Crippen LogP) is 0.944. The summed E-state index contributed by atoms with van der Waals surface area (Å²) in [7, 11) is 1.68. The van der Waals surface area contributed by atoms with E-state index in [1.807, 2.05) is 24.9 Å². The van der Waals surface area contributed by atoms with Crippen LogP contribution in [0.1, 0.15) is 33.1 Å². The summed E-state index contributed by atoms with van der Waals surface area (Å²) in [4.78, 5) is 34.6. The molecule has 3 amide bonds. The van der Waals surface area contributed by atoms with Crippen LogP contribution in [0.15, 0.2) is 16.8 Å². The zero-order valence-corrected chi connectivity index (χ0v) is 13.4. The summed E-state index contributed by atoms with van der Waals surface area (Å²) in [5, 5.41) is 2.41. The van der Waals surface area contributed by atoms with Gasteiger partial charge in [-0.05, 0) is 33.1 Å². The fraction of sp³-hybridized carbons (Fsp3) is 0.667. The fourth-order valence-corrected chi connectivity index (χ4v) is 3.23. The Hall–Kier alpha value is -2.05. The molecule has 7 heteroatoms. The van der Waals surface area contributed by atoms with Crippen LogP contribution in [0.25, 0.3) is 0 Å². The van der Waals surface area contributed by atoms with Crippen LogP contribution >= 0.6 is 0 Å². The number of urea groups is 1. The number of likely N-dealkylation sites (tertiary alicyclic amines) is 1. The number of likely N-dealkylation sites (N-methyl/N-ethyl adjacent to an activating group) is 1. The first kappa shape index (κ1) is 14.9. The van der Waals surface area contributed by atoms with E-state index in [2.05, 4.69) is 10.2 Å². The number of nitrogens with zero attached hydrogens (tertiary/aromatic N) is 4. The van der Waals surface area contributed by atoms with Crippen molar-refractivity contribution < 1.29 is 9.59 Å². The SMILES string of the molecule is CC(C)=CN1C(N2CCCCC2)=NC2C1C(=O)NC(=O)N2C. The first-order chi connectivity index (χ1) is 10.5. The molecule has 2 fully saturated rings. The number of imide groups is 1. The van der Waals surface area contributed by atoms with Crippen LogP contribution in [-0.4, -0.2) is 64.9 Å². The number of aliphatic imine (C=N–C) groups is 1. The number of allylic oxidation sites excluding steroid dienone is 1. The van der Waals surface area contributed by atoms with E-state index in [0.29, 0.717) is 0 Å². The highest BCUT2D eigenvalue weighted by molar-refractivity contribution is 6.04. The van der Waals surface area contributed by atoms with Gasteiger partial charge in [0.2, 0.25) is 5.96 Å². The monoisotopic (exact) mass is 305 g/mol. The molecule has 120 valence electrons. The van der Waals surface area contributed by atoms with Crippen LogP contribution in [0.4, 0.5) is 4.79 Å². The van der Waals surface area contributed by atoms with Crippen LogP contribution in [0.5, 0.6) is 0 Å². The van der Waals surface area contributed by atoms with Gasteiger partial charge in [0.25, 0.3) is 5.91 Å². The summed E-state index contributed by atoms with van der Waals surface area (Å²) in [6.45, 7) is 5.89. The molecule has 22 heavy (non-hydrogen) atoms. The number of amides is 3. The van der Waals surface area contributed by atoms with Crippen molar-refractivity contribution in [3.63, 3.8) is 0 Å². The Labute approximate surface area is 130 Å². The number of nitrogens with one attached hydrogen (secondary N) is 1. The second kappa shape index (κ2) is 5.62. The van der Waals surface area contributed by atoms with E-state index in [0.717, 1.165) is 37.5 Å². The number of carbonyl (C=O) groups excluding carboxylic acids is 2. The molecule has 0 bridgehead atoms. The van der Waals surface area contributed by atoms with E-state index in [1.165, 1.54) is 11.3 Å². The quantitative estimate of drug-likeness (QED) is 0.783. The summed E-state index contributed by atoms with van der Waals surface area (Å²) >= 11 is 0. The molecule has 1 N–H and O–H groups in total. The van der Waals surface area contributed by atoms with Crippen molar-refractivity contribution in [2.45, 2.75) is 45.3 Å². The third-order valence-electron chi connectivity index (χ3n) is 4.31. The summed E-state index contributed by atoms with van der Waals surface area (Å²) in [6, 6.07) is -0.860. The summed E-state index contributed by atoms with van der Waals surface area (Å²) in [6.07, 6.45) is 5.02. The molecule has 3 aliphatic rings. The predicted molar refractivity (Wildman–Crippen MR) is 83.0 cm³/mol. The second-order valence-corrected chi connectivity index (χ2v) is 6.35. The van der Waals surface area contributed by atoms with Gasteiger partial charge in [0.15, 0.2) is 12.2 Å². The van der Waals surface area contributed by atoms with Crippen molar-refractivity contribution in [3.8, 4) is 0 Å². The lowest BCUT2D eigenvalue weighted by molar-refractivity contribution is -0.126. The lowest BCUT2D eigenvalue weighted by Gasteiger charge is -2.37. The molecule has 0 aliphatic carbocycles. The largest absolute Gasteiger partial charge is 0.342 e. The molecule has 0 radical (unpaired) electrons. The number of rotatable bonds is 1. The smallest absolute Gasteiger partial charge is 0.325 e. The lowest BCUT2D eigenvalue weighted by Crippen LogP contribution is -2.63. The maximum atomic E-state index is 12.3. The van der Waals surface area contributed by atoms with Crippen LogP contribution in [-0.2, 0) is 4.79 Å². The molecule has 7 nitrogen and oxygen atoms in total. The van der Waals surface area contributed by atoms with Crippen LogP contribution in [0.2, 0.25) is 0 Å². The van der Waals surface area contributed by atoms with E-state index in [4.69, 9.17) is 4.99 Å². The molecule has 0 aromatic heterocycles. The Bertz CT molecular complexity index is 546. The summed E-state index contributed by atoms with van der Waals surface area (Å²) in [5.74, 6) is 0.536. The Kier molecular flexibility index (Phi) is 3.80. The molecule has 2 saturated heterocycles. The first-order valence-electron chi connectivity index (χ1n) is 7.83. The average molecular weight is 305 g/mol.